The van der Waals surface area contributed by atoms with Gasteiger partial charge in [-0.25, -0.2) is 0 Å². The number of carbonyl (C=O) groups excluding carboxylic acids is 1. The molecule has 0 bridgehead atoms. The molecule has 1 unspecified atom stereocenters. The van der Waals surface area contributed by atoms with E-state index in [2.05, 4.69) is 0 Å². The van der Waals surface area contributed by atoms with E-state index in [1.807, 2.05) is 30.3 Å². The first-order valence-electron chi connectivity index (χ1n) is 4.16. The third-order valence-electron chi connectivity index (χ3n) is 1.57. The van der Waals surface area contributed by atoms with Crippen molar-refractivity contribution >= 4 is 28.3 Å². The Balaban J connectivity index is 0.000000167. The zero-order valence-electron chi connectivity index (χ0n) is 7.79. The second-order valence-electron chi connectivity index (χ2n) is 2.60. The van der Waals surface area contributed by atoms with Crippen LogP contribution in [0.25, 0.3) is 11.0 Å². The second-order valence-corrected chi connectivity index (χ2v) is 3.54. The van der Waals surface area contributed by atoms with Crippen LogP contribution in [0, 0.1) is 0 Å². The fourth-order valence-corrected chi connectivity index (χ4v) is 1.07. The molecule has 0 saturated heterocycles. The molecule has 0 spiro atoms. The van der Waals surface area contributed by atoms with Crippen molar-refractivity contribution in [3.8, 4) is 0 Å². The number of carbonyl (C=O) groups is 1. The lowest BCUT2D eigenvalue weighted by Gasteiger charge is -1.92. The average molecular weight is 225 g/mol. The number of para-hydroxylation sites is 1. The minimum absolute atomic E-state index is 0.336. The van der Waals surface area contributed by atoms with Gasteiger partial charge in [0.05, 0.1) is 12.0 Å². The van der Waals surface area contributed by atoms with Gasteiger partial charge in [0.15, 0.2) is 0 Å². The summed E-state index contributed by atoms with van der Waals surface area (Å²) in [4.78, 5) is 9.22. The second kappa shape index (κ2) is 6.10. The van der Waals surface area contributed by atoms with Crippen molar-refractivity contribution in [2.75, 3.05) is 5.75 Å². The number of furan rings is 1. The van der Waals surface area contributed by atoms with E-state index in [-0.39, 0.29) is 5.75 Å². The first-order chi connectivity index (χ1) is 7.24. The van der Waals surface area contributed by atoms with Crippen molar-refractivity contribution in [1.29, 1.82) is 0 Å². The molecule has 4 nitrogen and oxygen atoms in total. The predicted octanol–water partition coefficient (Wildman–Crippen LogP) is 1.50. The van der Waals surface area contributed by atoms with E-state index in [1.165, 1.54) is 0 Å². The van der Waals surface area contributed by atoms with Crippen LogP contribution in [0.1, 0.15) is 0 Å². The molecule has 1 aromatic heterocycles. The lowest BCUT2D eigenvalue weighted by Crippen LogP contribution is -1.93. The number of hydrogen-bond acceptors (Lipinski definition) is 4. The van der Waals surface area contributed by atoms with Crippen LogP contribution >= 0.6 is 0 Å². The Bertz CT molecular complexity index is 419. The summed E-state index contributed by atoms with van der Waals surface area (Å²) in [5.41, 5.74) is 0.956. The summed E-state index contributed by atoms with van der Waals surface area (Å²) >= 11 is -2.18. The van der Waals surface area contributed by atoms with Crippen molar-refractivity contribution < 1.29 is 18.0 Å². The van der Waals surface area contributed by atoms with Crippen molar-refractivity contribution in [2.45, 2.75) is 0 Å². The van der Waals surface area contributed by atoms with Crippen LogP contribution in [0.5, 0.6) is 0 Å². The Morgan fingerprint density at radius 2 is 2.07 bits per heavy atom. The predicted molar refractivity (Wildman–Crippen MR) is 56.1 cm³/mol. The molecule has 1 atom stereocenters. The number of hydrogen-bond donors (Lipinski definition) is 0. The Labute approximate surface area is 89.2 Å². The fourth-order valence-electron chi connectivity index (χ4n) is 0.962. The first kappa shape index (κ1) is 11.6. The smallest absolute Gasteiger partial charge is 0.133 e. The van der Waals surface area contributed by atoms with Gasteiger partial charge in [-0.3, -0.25) is 4.21 Å². The van der Waals surface area contributed by atoms with Gasteiger partial charge >= 0.3 is 0 Å². The summed E-state index contributed by atoms with van der Waals surface area (Å²) in [6.07, 6.45) is 2.04. The molecule has 0 N–H and O–H groups in total. The summed E-state index contributed by atoms with van der Waals surface area (Å²) in [6.45, 7) is 0. The topological polar surface area (TPSA) is 70.3 Å². The molecule has 2 rings (SSSR count). The Hall–Kier alpha value is -1.46. The van der Waals surface area contributed by atoms with Crippen LogP contribution in [0.3, 0.4) is 0 Å². The molecule has 0 fully saturated rings. The van der Waals surface area contributed by atoms with Gasteiger partial charge in [0.1, 0.15) is 11.9 Å². The number of rotatable bonds is 2. The molecule has 0 aliphatic heterocycles. The van der Waals surface area contributed by atoms with E-state index in [4.69, 9.17) is 4.42 Å². The quantitative estimate of drug-likeness (QED) is 0.573. The zero-order valence-corrected chi connectivity index (χ0v) is 8.61. The molecule has 2 aromatic rings. The lowest BCUT2D eigenvalue weighted by molar-refractivity contribution is -0.105. The fraction of sp³-hybridized carbons (Fsp3) is 0.100. The van der Waals surface area contributed by atoms with Crippen molar-refractivity contribution in [1.82, 2.24) is 0 Å². The molecule has 0 radical (unpaired) electrons. The molecular formula is C10H9O4S-. The zero-order chi connectivity index (χ0) is 11.1. The van der Waals surface area contributed by atoms with Gasteiger partial charge in [-0.05, 0) is 23.2 Å². The number of fused-ring (bicyclic) bond motifs is 1. The van der Waals surface area contributed by atoms with E-state index in [9.17, 15) is 13.6 Å². The van der Waals surface area contributed by atoms with Crippen LogP contribution in [0.4, 0.5) is 0 Å². The molecule has 0 aliphatic rings. The molecular weight excluding hydrogens is 216 g/mol. The molecule has 0 amide bonds. The first-order valence-corrected chi connectivity index (χ1v) is 5.40. The molecule has 0 aliphatic carbocycles. The minimum atomic E-state index is -2.18. The van der Waals surface area contributed by atoms with Gasteiger partial charge in [0, 0.05) is 5.39 Å². The highest BCUT2D eigenvalue weighted by atomic mass is 32.2. The molecule has 5 heteroatoms. The summed E-state index contributed by atoms with van der Waals surface area (Å²) in [5, 5.41) is 1.16. The molecule has 1 aromatic carbocycles. The Kier molecular flexibility index (Phi) is 4.73. The van der Waals surface area contributed by atoms with E-state index >= 15 is 0 Å². The van der Waals surface area contributed by atoms with Crippen LogP contribution in [-0.2, 0) is 15.9 Å². The van der Waals surface area contributed by atoms with Gasteiger partial charge in [-0.1, -0.05) is 18.2 Å². The van der Waals surface area contributed by atoms with Gasteiger partial charge in [-0.15, -0.1) is 0 Å². The maximum Gasteiger partial charge on any atom is 0.133 e. The van der Waals surface area contributed by atoms with E-state index in [0.717, 1.165) is 11.0 Å². The van der Waals surface area contributed by atoms with Crippen LogP contribution < -0.4 is 0 Å². The van der Waals surface area contributed by atoms with E-state index in [0.29, 0.717) is 6.29 Å². The van der Waals surface area contributed by atoms with Crippen LogP contribution in [0.15, 0.2) is 41.0 Å². The summed E-state index contributed by atoms with van der Waals surface area (Å²) in [5.74, 6) is -0.389. The monoisotopic (exact) mass is 225 g/mol. The lowest BCUT2D eigenvalue weighted by atomic mass is 10.3. The van der Waals surface area contributed by atoms with Crippen molar-refractivity contribution in [3.63, 3.8) is 0 Å². The molecule has 80 valence electrons. The van der Waals surface area contributed by atoms with Gasteiger partial charge in [0.2, 0.25) is 0 Å². The number of benzene rings is 1. The standard InChI is InChI=1S/C8H6O.C2H4O3S/c1-2-4-8-7(3-1)5-6-9-8;3-1-2-6(4)5/h1-6H;1H,2H2,(H,4,5)/p-1. The van der Waals surface area contributed by atoms with E-state index in [1.54, 1.807) is 6.26 Å². The third-order valence-corrected chi connectivity index (χ3v) is 1.97. The summed E-state index contributed by atoms with van der Waals surface area (Å²) in [6, 6.07) is 9.90. The average Bonchev–Trinajstić information content (AvgIpc) is 2.65. The largest absolute Gasteiger partial charge is 0.772 e. The SMILES string of the molecule is O=CCS(=O)[O-].c1ccc2occc2c1. The highest BCUT2D eigenvalue weighted by molar-refractivity contribution is 7.79. The van der Waals surface area contributed by atoms with Crippen LogP contribution in [0.2, 0.25) is 0 Å². The van der Waals surface area contributed by atoms with E-state index < -0.39 is 11.1 Å². The van der Waals surface area contributed by atoms with Crippen molar-refractivity contribution in [2.24, 2.45) is 0 Å². The summed E-state index contributed by atoms with van der Waals surface area (Å²) in [7, 11) is 0. The van der Waals surface area contributed by atoms with Gasteiger partial charge in [-0.2, -0.15) is 0 Å². The van der Waals surface area contributed by atoms with Gasteiger partial charge < -0.3 is 13.8 Å². The molecule has 15 heavy (non-hydrogen) atoms. The normalized spacial score (nSPS) is 11.5. The Morgan fingerprint density at radius 3 is 2.60 bits per heavy atom. The molecule has 1 heterocycles. The third kappa shape index (κ3) is 4.05. The number of aldehydes is 1. The minimum Gasteiger partial charge on any atom is -0.772 e. The van der Waals surface area contributed by atoms with Crippen LogP contribution in [-0.4, -0.2) is 20.8 Å². The molecule has 0 saturated carbocycles. The van der Waals surface area contributed by atoms with Gasteiger partial charge in [0.25, 0.3) is 0 Å². The maximum atomic E-state index is 9.37. The Morgan fingerprint density at radius 1 is 1.33 bits per heavy atom. The highest BCUT2D eigenvalue weighted by Gasteiger charge is 1.89. The van der Waals surface area contributed by atoms with Crippen molar-refractivity contribution in [3.05, 3.63) is 36.6 Å². The maximum absolute atomic E-state index is 9.37. The highest BCUT2D eigenvalue weighted by Crippen LogP contribution is 2.12. The summed E-state index contributed by atoms with van der Waals surface area (Å²) < 4.78 is 23.9.